The molecule has 2 heterocycles. The Labute approximate surface area is 96.6 Å². The van der Waals surface area contributed by atoms with Crippen molar-refractivity contribution < 1.29 is 4.79 Å². The van der Waals surface area contributed by atoms with Crippen molar-refractivity contribution in [2.24, 2.45) is 7.05 Å². The number of piperazine rings is 1. The van der Waals surface area contributed by atoms with E-state index in [1.54, 1.807) is 17.8 Å². The van der Waals surface area contributed by atoms with E-state index in [1.807, 2.05) is 4.90 Å². The van der Waals surface area contributed by atoms with Crippen LogP contribution in [0.4, 0.5) is 0 Å². The zero-order valence-electron chi connectivity index (χ0n) is 8.53. The molecule has 1 aliphatic rings. The molecule has 1 fully saturated rings. The van der Waals surface area contributed by atoms with Crippen LogP contribution in [0, 0.1) is 0 Å². The molecule has 15 heavy (non-hydrogen) atoms. The maximum atomic E-state index is 12.0. The molecule has 2 rings (SSSR count). The van der Waals surface area contributed by atoms with Gasteiger partial charge in [0, 0.05) is 39.3 Å². The van der Waals surface area contributed by atoms with E-state index in [2.05, 4.69) is 26.3 Å². The normalized spacial score (nSPS) is 16.8. The van der Waals surface area contributed by atoms with Crippen molar-refractivity contribution in [3.63, 3.8) is 0 Å². The van der Waals surface area contributed by atoms with Gasteiger partial charge in [-0.05, 0) is 15.9 Å². The zero-order valence-corrected chi connectivity index (χ0v) is 10.1. The first kappa shape index (κ1) is 10.6. The van der Waals surface area contributed by atoms with Gasteiger partial charge in [-0.2, -0.15) is 5.10 Å². The Hall–Kier alpha value is -0.880. The number of carbonyl (C=O) groups excluding carboxylic acids is 1. The summed E-state index contributed by atoms with van der Waals surface area (Å²) in [5.74, 6) is 0.0119. The number of nitrogens with one attached hydrogen (secondary N) is 1. The van der Waals surface area contributed by atoms with Crippen LogP contribution in [0.25, 0.3) is 0 Å². The minimum Gasteiger partial charge on any atom is -0.335 e. The molecular weight excluding hydrogens is 260 g/mol. The molecule has 1 aromatic rings. The molecule has 82 valence electrons. The molecule has 0 radical (unpaired) electrons. The third-order valence-corrected chi connectivity index (χ3v) is 3.19. The highest BCUT2D eigenvalue weighted by Gasteiger charge is 2.20. The van der Waals surface area contributed by atoms with E-state index >= 15 is 0 Å². The summed E-state index contributed by atoms with van der Waals surface area (Å²) in [6, 6.07) is 1.75. The lowest BCUT2D eigenvalue weighted by atomic mass is 10.3. The van der Waals surface area contributed by atoms with Crippen molar-refractivity contribution in [3.8, 4) is 0 Å². The van der Waals surface area contributed by atoms with E-state index in [0.717, 1.165) is 30.8 Å². The smallest absolute Gasteiger partial charge is 0.274 e. The summed E-state index contributed by atoms with van der Waals surface area (Å²) in [5, 5.41) is 7.35. The average Bonchev–Trinajstić information content (AvgIpc) is 2.59. The third kappa shape index (κ3) is 2.21. The van der Waals surface area contributed by atoms with Gasteiger partial charge < -0.3 is 10.2 Å². The molecule has 0 unspecified atom stereocenters. The lowest BCUT2D eigenvalue weighted by molar-refractivity contribution is 0.0729. The minimum atomic E-state index is 0.0119. The first-order valence-electron chi connectivity index (χ1n) is 4.88. The van der Waals surface area contributed by atoms with Crippen LogP contribution >= 0.6 is 15.9 Å². The third-order valence-electron chi connectivity index (χ3n) is 2.45. The molecule has 1 aliphatic heterocycles. The Bertz CT molecular complexity index is 351. The van der Waals surface area contributed by atoms with Crippen molar-refractivity contribution in [2.45, 2.75) is 0 Å². The van der Waals surface area contributed by atoms with Gasteiger partial charge in [-0.3, -0.25) is 9.48 Å². The lowest BCUT2D eigenvalue weighted by Crippen LogP contribution is -2.46. The van der Waals surface area contributed by atoms with Crippen LogP contribution in [0.3, 0.4) is 0 Å². The number of amides is 1. The highest BCUT2D eigenvalue weighted by Crippen LogP contribution is 2.12. The maximum absolute atomic E-state index is 12.0. The number of hydrogen-bond acceptors (Lipinski definition) is 3. The minimum absolute atomic E-state index is 0.0119. The Balaban J connectivity index is 2.12. The quantitative estimate of drug-likeness (QED) is 0.796. The topological polar surface area (TPSA) is 50.2 Å². The van der Waals surface area contributed by atoms with Crippen LogP contribution in [0.1, 0.15) is 10.5 Å². The summed E-state index contributed by atoms with van der Waals surface area (Å²) in [5.41, 5.74) is 0.506. The van der Waals surface area contributed by atoms with Crippen molar-refractivity contribution in [3.05, 3.63) is 16.4 Å². The molecule has 1 N–H and O–H groups in total. The second-order valence-corrected chi connectivity index (χ2v) is 4.33. The molecule has 0 aromatic carbocycles. The second-order valence-electron chi connectivity index (χ2n) is 3.52. The first-order valence-corrected chi connectivity index (χ1v) is 5.67. The van der Waals surface area contributed by atoms with Crippen LogP contribution in [-0.4, -0.2) is 46.8 Å². The maximum Gasteiger partial charge on any atom is 0.274 e. The van der Waals surface area contributed by atoms with Crippen molar-refractivity contribution in [1.29, 1.82) is 0 Å². The van der Waals surface area contributed by atoms with Crippen LogP contribution in [0.15, 0.2) is 10.7 Å². The average molecular weight is 273 g/mol. The molecule has 0 aliphatic carbocycles. The number of halogens is 1. The van der Waals surface area contributed by atoms with E-state index in [0.29, 0.717) is 5.69 Å². The van der Waals surface area contributed by atoms with E-state index in [1.165, 1.54) is 0 Å². The fourth-order valence-corrected chi connectivity index (χ4v) is 1.88. The summed E-state index contributed by atoms with van der Waals surface area (Å²) in [6.07, 6.45) is 0. The molecular formula is C9H13BrN4O. The van der Waals surface area contributed by atoms with Gasteiger partial charge in [0.25, 0.3) is 5.91 Å². The molecule has 1 amide bonds. The Morgan fingerprint density at radius 1 is 1.53 bits per heavy atom. The first-order chi connectivity index (χ1) is 7.18. The fourth-order valence-electron chi connectivity index (χ4n) is 1.58. The highest BCUT2D eigenvalue weighted by atomic mass is 79.9. The monoisotopic (exact) mass is 272 g/mol. The van der Waals surface area contributed by atoms with Gasteiger partial charge >= 0.3 is 0 Å². The number of aryl methyl sites for hydroxylation is 1. The summed E-state index contributed by atoms with van der Waals surface area (Å²) in [6.45, 7) is 3.24. The van der Waals surface area contributed by atoms with Crippen molar-refractivity contribution in [2.75, 3.05) is 26.2 Å². The number of carbonyl (C=O) groups is 1. The zero-order chi connectivity index (χ0) is 10.8. The van der Waals surface area contributed by atoms with Crippen molar-refractivity contribution in [1.82, 2.24) is 20.0 Å². The van der Waals surface area contributed by atoms with E-state index in [-0.39, 0.29) is 5.91 Å². The lowest BCUT2D eigenvalue weighted by Gasteiger charge is -2.26. The van der Waals surface area contributed by atoms with Gasteiger partial charge in [-0.15, -0.1) is 0 Å². The van der Waals surface area contributed by atoms with Gasteiger partial charge in [0.1, 0.15) is 4.60 Å². The van der Waals surface area contributed by atoms with Crippen molar-refractivity contribution >= 4 is 21.8 Å². The molecule has 0 saturated carbocycles. The summed E-state index contributed by atoms with van der Waals surface area (Å²) < 4.78 is 2.47. The molecule has 6 heteroatoms. The number of nitrogens with zero attached hydrogens (tertiary/aromatic N) is 3. The van der Waals surface area contributed by atoms with Crippen LogP contribution in [-0.2, 0) is 7.05 Å². The molecule has 0 bridgehead atoms. The highest BCUT2D eigenvalue weighted by molar-refractivity contribution is 9.10. The Kier molecular flexibility index (Phi) is 3.06. The van der Waals surface area contributed by atoms with Gasteiger partial charge in [-0.25, -0.2) is 0 Å². The predicted molar refractivity (Wildman–Crippen MR) is 59.7 cm³/mol. The van der Waals surface area contributed by atoms with Crippen LogP contribution in [0.2, 0.25) is 0 Å². The van der Waals surface area contributed by atoms with Crippen LogP contribution < -0.4 is 5.32 Å². The number of rotatable bonds is 1. The van der Waals surface area contributed by atoms with Gasteiger partial charge in [0.2, 0.25) is 0 Å². The summed E-state index contributed by atoms with van der Waals surface area (Å²) in [7, 11) is 1.80. The fraction of sp³-hybridized carbons (Fsp3) is 0.556. The molecule has 1 saturated heterocycles. The Morgan fingerprint density at radius 3 is 2.73 bits per heavy atom. The van der Waals surface area contributed by atoms with Crippen LogP contribution in [0.5, 0.6) is 0 Å². The van der Waals surface area contributed by atoms with E-state index in [9.17, 15) is 4.79 Å². The van der Waals surface area contributed by atoms with Gasteiger partial charge in [0.05, 0.1) is 0 Å². The predicted octanol–water partition coefficient (Wildman–Crippen LogP) is 0.228. The Morgan fingerprint density at radius 2 is 2.20 bits per heavy atom. The van der Waals surface area contributed by atoms with Gasteiger partial charge in [-0.1, -0.05) is 0 Å². The molecule has 0 atom stereocenters. The van der Waals surface area contributed by atoms with E-state index < -0.39 is 0 Å². The number of hydrogen-bond donors (Lipinski definition) is 1. The summed E-state index contributed by atoms with van der Waals surface area (Å²) >= 11 is 3.33. The second kappa shape index (κ2) is 4.32. The SMILES string of the molecule is Cn1nc(C(=O)N2CCNCC2)cc1Br. The van der Waals surface area contributed by atoms with Gasteiger partial charge in [0.15, 0.2) is 5.69 Å². The summed E-state index contributed by atoms with van der Waals surface area (Å²) in [4.78, 5) is 13.8. The number of aromatic nitrogens is 2. The molecule has 5 nitrogen and oxygen atoms in total. The largest absolute Gasteiger partial charge is 0.335 e. The molecule has 0 spiro atoms. The van der Waals surface area contributed by atoms with E-state index in [4.69, 9.17) is 0 Å². The standard InChI is InChI=1S/C9H13BrN4O/c1-13-8(10)6-7(12-13)9(15)14-4-2-11-3-5-14/h6,11H,2-5H2,1H3. The molecule has 1 aromatic heterocycles.